The molecule has 100 valence electrons. The number of likely N-dealkylation sites (tertiary alicyclic amines) is 1. The molecular formula is C13H22N4O. The standard InChI is InChI=1S/C13H22N4O/c1(11-4-8-18-9-11)5-17-6-2-12(3-7-17)13-14-10-15-16-13/h10-12H,1-9H2,(H,14,15,16). The number of hydrogen-bond acceptors (Lipinski definition) is 4. The lowest BCUT2D eigenvalue weighted by Crippen LogP contribution is -2.34. The van der Waals surface area contributed by atoms with Crippen molar-refractivity contribution in [1.29, 1.82) is 0 Å². The Morgan fingerprint density at radius 2 is 2.22 bits per heavy atom. The van der Waals surface area contributed by atoms with Crippen molar-refractivity contribution in [2.75, 3.05) is 32.8 Å². The Hall–Kier alpha value is -0.940. The Bertz CT molecular complexity index is 340. The highest BCUT2D eigenvalue weighted by Gasteiger charge is 2.23. The highest BCUT2D eigenvalue weighted by atomic mass is 16.5. The van der Waals surface area contributed by atoms with Crippen LogP contribution in [-0.2, 0) is 4.74 Å². The molecule has 1 unspecified atom stereocenters. The summed E-state index contributed by atoms with van der Waals surface area (Å²) in [6.07, 6.45) is 6.58. The smallest absolute Gasteiger partial charge is 0.137 e. The summed E-state index contributed by atoms with van der Waals surface area (Å²) in [6.45, 7) is 5.57. The Morgan fingerprint density at radius 1 is 1.33 bits per heavy atom. The van der Waals surface area contributed by atoms with Crippen LogP contribution >= 0.6 is 0 Å². The number of nitrogens with zero attached hydrogens (tertiary/aromatic N) is 3. The number of aromatic amines is 1. The lowest BCUT2D eigenvalue weighted by Gasteiger charge is -2.31. The second kappa shape index (κ2) is 5.80. The number of hydrogen-bond donors (Lipinski definition) is 1. The van der Waals surface area contributed by atoms with Crippen molar-refractivity contribution < 1.29 is 4.74 Å². The van der Waals surface area contributed by atoms with Gasteiger partial charge in [0.25, 0.3) is 0 Å². The molecule has 0 bridgehead atoms. The fourth-order valence-electron chi connectivity index (χ4n) is 3.02. The summed E-state index contributed by atoms with van der Waals surface area (Å²) in [6, 6.07) is 0. The topological polar surface area (TPSA) is 54.0 Å². The Labute approximate surface area is 108 Å². The number of rotatable bonds is 4. The highest BCUT2D eigenvalue weighted by Crippen LogP contribution is 2.25. The van der Waals surface area contributed by atoms with Gasteiger partial charge in [0.1, 0.15) is 12.2 Å². The average molecular weight is 250 g/mol. The molecule has 2 aliphatic heterocycles. The molecule has 18 heavy (non-hydrogen) atoms. The van der Waals surface area contributed by atoms with Crippen LogP contribution in [0.1, 0.15) is 37.4 Å². The zero-order valence-electron chi connectivity index (χ0n) is 10.8. The van der Waals surface area contributed by atoms with E-state index in [0.717, 1.165) is 25.0 Å². The molecule has 2 fully saturated rings. The van der Waals surface area contributed by atoms with Gasteiger partial charge in [-0.2, -0.15) is 5.10 Å². The summed E-state index contributed by atoms with van der Waals surface area (Å²) in [5.74, 6) is 2.45. The van der Waals surface area contributed by atoms with E-state index in [2.05, 4.69) is 20.1 Å². The SMILES string of the molecule is c1n[nH]c(C2CCN(CCC3CCOC3)CC2)n1. The van der Waals surface area contributed by atoms with Gasteiger partial charge in [-0.15, -0.1) is 0 Å². The van der Waals surface area contributed by atoms with E-state index in [9.17, 15) is 0 Å². The molecule has 1 atom stereocenters. The van der Waals surface area contributed by atoms with Crippen molar-refractivity contribution in [3.8, 4) is 0 Å². The molecule has 0 amide bonds. The minimum Gasteiger partial charge on any atom is -0.381 e. The highest BCUT2D eigenvalue weighted by molar-refractivity contribution is 4.95. The quantitative estimate of drug-likeness (QED) is 0.878. The van der Waals surface area contributed by atoms with Gasteiger partial charge in [-0.1, -0.05) is 0 Å². The van der Waals surface area contributed by atoms with Gasteiger partial charge >= 0.3 is 0 Å². The molecular weight excluding hydrogens is 228 g/mol. The monoisotopic (exact) mass is 250 g/mol. The average Bonchev–Trinajstić information content (AvgIpc) is 3.10. The molecule has 1 aromatic heterocycles. The second-order valence-electron chi connectivity index (χ2n) is 5.50. The van der Waals surface area contributed by atoms with Crippen LogP contribution < -0.4 is 0 Å². The molecule has 3 rings (SSSR count). The normalized spacial score (nSPS) is 26.8. The van der Waals surface area contributed by atoms with Crippen molar-refractivity contribution in [2.24, 2.45) is 5.92 Å². The molecule has 0 aromatic carbocycles. The van der Waals surface area contributed by atoms with Gasteiger partial charge in [0.05, 0.1) is 0 Å². The summed E-state index contributed by atoms with van der Waals surface area (Å²) < 4.78 is 5.43. The largest absolute Gasteiger partial charge is 0.381 e. The van der Waals surface area contributed by atoms with Gasteiger partial charge in [0.2, 0.25) is 0 Å². The molecule has 3 heterocycles. The summed E-state index contributed by atoms with van der Waals surface area (Å²) in [7, 11) is 0. The summed E-state index contributed by atoms with van der Waals surface area (Å²) in [5, 5.41) is 6.94. The molecule has 0 spiro atoms. The predicted molar refractivity (Wildman–Crippen MR) is 68.3 cm³/mol. The first-order valence-corrected chi connectivity index (χ1v) is 7.07. The van der Waals surface area contributed by atoms with Gasteiger partial charge in [0.15, 0.2) is 0 Å². The summed E-state index contributed by atoms with van der Waals surface area (Å²) >= 11 is 0. The van der Waals surface area contributed by atoms with Crippen LogP contribution in [0.4, 0.5) is 0 Å². The number of piperidine rings is 1. The Kier molecular flexibility index (Phi) is 3.90. The minimum absolute atomic E-state index is 0.582. The minimum atomic E-state index is 0.582. The molecule has 5 nitrogen and oxygen atoms in total. The van der Waals surface area contributed by atoms with E-state index in [0.29, 0.717) is 5.92 Å². The number of H-pyrrole nitrogens is 1. The maximum absolute atomic E-state index is 5.43. The van der Waals surface area contributed by atoms with Crippen LogP contribution in [0, 0.1) is 5.92 Å². The third-order valence-corrected chi connectivity index (χ3v) is 4.29. The van der Waals surface area contributed by atoms with E-state index < -0.39 is 0 Å². The van der Waals surface area contributed by atoms with Crippen molar-refractivity contribution in [1.82, 2.24) is 20.1 Å². The summed E-state index contributed by atoms with van der Waals surface area (Å²) in [4.78, 5) is 6.86. The first kappa shape index (κ1) is 12.1. The van der Waals surface area contributed by atoms with Crippen molar-refractivity contribution in [3.63, 3.8) is 0 Å². The number of aromatic nitrogens is 3. The molecule has 2 saturated heterocycles. The van der Waals surface area contributed by atoms with Crippen LogP contribution in [-0.4, -0.2) is 52.9 Å². The van der Waals surface area contributed by atoms with E-state index >= 15 is 0 Å². The Balaban J connectivity index is 1.40. The van der Waals surface area contributed by atoms with Crippen LogP contribution in [0.3, 0.4) is 0 Å². The molecule has 0 radical (unpaired) electrons. The third-order valence-electron chi connectivity index (χ3n) is 4.29. The number of ether oxygens (including phenoxy) is 1. The van der Waals surface area contributed by atoms with E-state index in [1.807, 2.05) is 0 Å². The molecule has 0 aliphatic carbocycles. The van der Waals surface area contributed by atoms with Gasteiger partial charge in [-0.25, -0.2) is 4.98 Å². The zero-order chi connectivity index (χ0) is 12.2. The van der Waals surface area contributed by atoms with Gasteiger partial charge in [-0.05, 0) is 51.2 Å². The van der Waals surface area contributed by atoms with Gasteiger partial charge in [-0.3, -0.25) is 5.10 Å². The van der Waals surface area contributed by atoms with Crippen LogP contribution in [0.5, 0.6) is 0 Å². The van der Waals surface area contributed by atoms with Crippen LogP contribution in [0.25, 0.3) is 0 Å². The maximum Gasteiger partial charge on any atom is 0.137 e. The lowest BCUT2D eigenvalue weighted by atomic mass is 9.95. The van der Waals surface area contributed by atoms with Crippen molar-refractivity contribution in [3.05, 3.63) is 12.2 Å². The van der Waals surface area contributed by atoms with Gasteiger partial charge < -0.3 is 9.64 Å². The van der Waals surface area contributed by atoms with E-state index in [4.69, 9.17) is 4.74 Å². The fourth-order valence-corrected chi connectivity index (χ4v) is 3.02. The van der Waals surface area contributed by atoms with E-state index in [1.54, 1.807) is 6.33 Å². The first-order valence-electron chi connectivity index (χ1n) is 7.07. The second-order valence-corrected chi connectivity index (χ2v) is 5.50. The van der Waals surface area contributed by atoms with Crippen LogP contribution in [0.2, 0.25) is 0 Å². The molecule has 5 heteroatoms. The Morgan fingerprint density at radius 3 is 2.89 bits per heavy atom. The molecule has 1 N–H and O–H groups in total. The van der Waals surface area contributed by atoms with Gasteiger partial charge in [0, 0.05) is 19.1 Å². The molecule has 1 aromatic rings. The number of nitrogens with one attached hydrogen (secondary N) is 1. The fraction of sp³-hybridized carbons (Fsp3) is 0.846. The maximum atomic E-state index is 5.43. The van der Waals surface area contributed by atoms with Crippen molar-refractivity contribution in [2.45, 2.75) is 31.6 Å². The van der Waals surface area contributed by atoms with Crippen LogP contribution in [0.15, 0.2) is 6.33 Å². The molecule has 0 saturated carbocycles. The predicted octanol–water partition coefficient (Wildman–Crippen LogP) is 1.41. The van der Waals surface area contributed by atoms with E-state index in [1.165, 1.54) is 45.3 Å². The van der Waals surface area contributed by atoms with Crippen molar-refractivity contribution >= 4 is 0 Å². The molecule has 2 aliphatic rings. The first-order chi connectivity index (χ1) is 8.92. The third kappa shape index (κ3) is 2.90. The lowest BCUT2D eigenvalue weighted by molar-refractivity contribution is 0.169. The zero-order valence-corrected chi connectivity index (χ0v) is 10.8. The van der Waals surface area contributed by atoms with E-state index in [-0.39, 0.29) is 0 Å². The summed E-state index contributed by atoms with van der Waals surface area (Å²) in [5.41, 5.74) is 0.